The van der Waals surface area contributed by atoms with Crippen molar-refractivity contribution in [3.05, 3.63) is 65.8 Å². The Morgan fingerprint density at radius 2 is 1.25 bits per heavy atom. The van der Waals surface area contributed by atoms with E-state index in [1.807, 2.05) is 0 Å². The molecular weight excluding hydrogens is 416 g/mol. The highest BCUT2D eigenvalue weighted by molar-refractivity contribution is 6.29. The molecule has 32 heavy (non-hydrogen) atoms. The maximum absolute atomic E-state index is 12.6. The zero-order valence-electron chi connectivity index (χ0n) is 17.3. The van der Waals surface area contributed by atoms with Crippen LogP contribution in [-0.4, -0.2) is 47.7 Å². The highest BCUT2D eigenvalue weighted by Gasteiger charge is 2.29. The molecule has 0 spiro atoms. The highest BCUT2D eigenvalue weighted by atomic mass is 16.5. The third kappa shape index (κ3) is 6.04. The van der Waals surface area contributed by atoms with Gasteiger partial charge in [-0.2, -0.15) is 0 Å². The van der Waals surface area contributed by atoms with Gasteiger partial charge in [-0.25, -0.2) is 4.79 Å². The van der Waals surface area contributed by atoms with Crippen LogP contribution in [0.15, 0.2) is 54.6 Å². The molecule has 2 N–H and O–H groups in total. The number of hydrogen-bond donors (Lipinski definition) is 2. The van der Waals surface area contributed by atoms with Gasteiger partial charge in [-0.15, -0.1) is 0 Å². The van der Waals surface area contributed by atoms with Crippen molar-refractivity contribution in [1.82, 2.24) is 0 Å². The number of benzene rings is 2. The summed E-state index contributed by atoms with van der Waals surface area (Å²) in [4.78, 5) is 48.0. The molecule has 0 bridgehead atoms. The van der Waals surface area contributed by atoms with Crippen molar-refractivity contribution in [1.29, 1.82) is 0 Å². The molecule has 0 fully saturated rings. The third-order valence-electron chi connectivity index (χ3n) is 4.34. The normalized spacial score (nSPS) is 10.8. The van der Waals surface area contributed by atoms with E-state index in [0.29, 0.717) is 17.2 Å². The lowest BCUT2D eigenvalue weighted by Gasteiger charge is -2.07. The van der Waals surface area contributed by atoms with E-state index in [1.165, 1.54) is 68.7 Å². The summed E-state index contributed by atoms with van der Waals surface area (Å²) in [6, 6.07) is 8.65. The van der Waals surface area contributed by atoms with Crippen molar-refractivity contribution in [2.45, 2.75) is 0 Å². The molecule has 0 radical (unpaired) electrons. The largest absolute Gasteiger partial charge is 0.504 e. The summed E-state index contributed by atoms with van der Waals surface area (Å²) in [7, 11) is 2.73. The van der Waals surface area contributed by atoms with Gasteiger partial charge >= 0.3 is 0 Å². The minimum atomic E-state index is -1.76. The first-order chi connectivity index (χ1) is 15.3. The van der Waals surface area contributed by atoms with Gasteiger partial charge in [-0.1, -0.05) is 24.3 Å². The van der Waals surface area contributed by atoms with Crippen molar-refractivity contribution >= 4 is 35.4 Å². The fourth-order valence-corrected chi connectivity index (χ4v) is 2.71. The molecule has 0 aliphatic rings. The summed E-state index contributed by atoms with van der Waals surface area (Å²) in [5, 5.41) is 19.3. The van der Waals surface area contributed by atoms with E-state index in [9.17, 15) is 29.4 Å². The highest BCUT2D eigenvalue weighted by Crippen LogP contribution is 2.28. The van der Waals surface area contributed by atoms with E-state index in [1.54, 1.807) is 0 Å². The molecule has 2 aromatic rings. The average Bonchev–Trinajstić information content (AvgIpc) is 2.78. The van der Waals surface area contributed by atoms with Crippen LogP contribution in [0.4, 0.5) is 0 Å². The van der Waals surface area contributed by atoms with E-state index in [-0.39, 0.29) is 23.0 Å². The summed E-state index contributed by atoms with van der Waals surface area (Å²) in [5.41, 5.74) is 0.952. The number of phenols is 2. The molecule has 8 heteroatoms. The smallest absolute Gasteiger partial charge is 0.185 e. The van der Waals surface area contributed by atoms with Gasteiger partial charge in [0.2, 0.25) is 0 Å². The molecule has 0 heterocycles. The Morgan fingerprint density at radius 3 is 1.62 bits per heavy atom. The number of ether oxygens (including phenoxy) is 2. The van der Waals surface area contributed by atoms with Crippen molar-refractivity contribution in [3.63, 3.8) is 0 Å². The van der Waals surface area contributed by atoms with E-state index in [2.05, 4.69) is 0 Å². The number of carbonyl (C=O) groups is 3. The monoisotopic (exact) mass is 436 g/mol. The molecule has 0 unspecified atom stereocenters. The second-order valence-corrected chi connectivity index (χ2v) is 6.43. The van der Waals surface area contributed by atoms with Gasteiger partial charge in [0, 0.05) is 0 Å². The van der Waals surface area contributed by atoms with Gasteiger partial charge in [-0.05, 0) is 47.5 Å². The molecule has 2 aromatic carbocycles. The van der Waals surface area contributed by atoms with Gasteiger partial charge in [0.05, 0.1) is 20.3 Å². The molecule has 8 nitrogen and oxygen atoms in total. The second kappa shape index (κ2) is 11.1. The Labute approximate surface area is 183 Å². The number of ketones is 3. The first-order valence-electron chi connectivity index (χ1n) is 9.23. The second-order valence-electron chi connectivity index (χ2n) is 6.43. The van der Waals surface area contributed by atoms with Gasteiger partial charge < -0.3 is 19.7 Å². The predicted molar refractivity (Wildman–Crippen MR) is 116 cm³/mol. The Bertz CT molecular complexity index is 1060. The molecule has 0 atom stereocenters. The first-order valence-corrected chi connectivity index (χ1v) is 9.23. The van der Waals surface area contributed by atoms with Crippen LogP contribution in [0.25, 0.3) is 12.2 Å². The van der Waals surface area contributed by atoms with Crippen LogP contribution in [0, 0.1) is 5.92 Å². The number of rotatable bonds is 10. The van der Waals surface area contributed by atoms with Gasteiger partial charge in [0.1, 0.15) is 11.9 Å². The minimum absolute atomic E-state index is 0.0914. The minimum Gasteiger partial charge on any atom is -0.504 e. The lowest BCUT2D eigenvalue weighted by Crippen LogP contribution is -2.28. The predicted octanol–water partition coefficient (Wildman–Crippen LogP) is 2.55. The lowest BCUT2D eigenvalue weighted by atomic mass is 9.92. The SMILES string of the molecule is COc1cc(/C=C/C(=O)C(C(=O)C=C=O)C(=O)/C=C/c2ccc(O)c(OC)c2)ccc1O. The van der Waals surface area contributed by atoms with Crippen LogP contribution >= 0.6 is 0 Å². The number of carbonyl (C=O) groups excluding carboxylic acids is 4. The summed E-state index contributed by atoms with van der Waals surface area (Å²) in [6.07, 6.45) is 5.24. The molecule has 164 valence electrons. The molecule has 0 aromatic heterocycles. The van der Waals surface area contributed by atoms with E-state index < -0.39 is 23.3 Å². The molecule has 0 saturated carbocycles. The van der Waals surface area contributed by atoms with E-state index in [4.69, 9.17) is 9.47 Å². The first kappa shape index (κ1) is 23.9. The van der Waals surface area contributed by atoms with Gasteiger partial charge in [0.25, 0.3) is 0 Å². The quantitative estimate of drug-likeness (QED) is 0.330. The zero-order chi connectivity index (χ0) is 23.7. The van der Waals surface area contributed by atoms with Crippen molar-refractivity contribution in [2.24, 2.45) is 5.92 Å². The maximum Gasteiger partial charge on any atom is 0.185 e. The van der Waals surface area contributed by atoms with Crippen LogP contribution in [0.2, 0.25) is 0 Å². The molecule has 2 rings (SSSR count). The van der Waals surface area contributed by atoms with Crippen LogP contribution in [0.5, 0.6) is 23.0 Å². The Hall–Kier alpha value is -4.42. The number of hydrogen-bond acceptors (Lipinski definition) is 8. The number of aromatic hydroxyl groups is 2. The average molecular weight is 436 g/mol. The molecule has 0 aliphatic carbocycles. The Kier molecular flexibility index (Phi) is 8.28. The molecule has 0 aliphatic heterocycles. The standard InChI is InChI=1S/C24H20O8/c1-31-22-13-15(3-7-17(22)26)5-9-19(28)24(21(30)11-12-25)20(29)10-6-16-4-8-18(27)23(14-16)32-2/h3-11,13-14,24,26-27H,1-2H3/b9-5+,10-6+. The van der Waals surface area contributed by atoms with Gasteiger partial charge in [-0.3, -0.25) is 14.4 Å². The molecule has 0 amide bonds. The topological polar surface area (TPSA) is 127 Å². The molecule has 0 saturated heterocycles. The zero-order valence-corrected chi connectivity index (χ0v) is 17.3. The van der Waals surface area contributed by atoms with E-state index >= 15 is 0 Å². The maximum atomic E-state index is 12.6. The Balaban J connectivity index is 2.28. The fourth-order valence-electron chi connectivity index (χ4n) is 2.71. The van der Waals surface area contributed by atoms with Crippen LogP contribution in [0.1, 0.15) is 11.1 Å². The van der Waals surface area contributed by atoms with Crippen molar-refractivity contribution in [3.8, 4) is 23.0 Å². The van der Waals surface area contributed by atoms with Crippen LogP contribution < -0.4 is 9.47 Å². The number of methoxy groups -OCH3 is 2. The number of phenolic OH excluding ortho intramolecular Hbond substituents is 2. The lowest BCUT2D eigenvalue weighted by molar-refractivity contribution is -0.134. The number of allylic oxidation sites excluding steroid dienone is 3. The Morgan fingerprint density at radius 1 is 0.812 bits per heavy atom. The van der Waals surface area contributed by atoms with E-state index in [0.717, 1.165) is 12.2 Å². The summed E-state index contributed by atoms with van der Waals surface area (Å²) >= 11 is 0. The third-order valence-corrected chi connectivity index (χ3v) is 4.34. The fraction of sp³-hybridized carbons (Fsp3) is 0.125. The van der Waals surface area contributed by atoms with Crippen LogP contribution in [0.3, 0.4) is 0 Å². The summed E-state index contributed by atoms with van der Waals surface area (Å²) < 4.78 is 9.97. The van der Waals surface area contributed by atoms with Crippen molar-refractivity contribution in [2.75, 3.05) is 14.2 Å². The summed E-state index contributed by atoms with van der Waals surface area (Å²) in [5.74, 6) is -2.99. The summed E-state index contributed by atoms with van der Waals surface area (Å²) in [6.45, 7) is 0. The molecular formula is C24H20O8. The van der Waals surface area contributed by atoms with Crippen molar-refractivity contribution < 1.29 is 38.9 Å². The van der Waals surface area contributed by atoms with Crippen LogP contribution in [-0.2, 0) is 19.2 Å². The van der Waals surface area contributed by atoms with Gasteiger partial charge in [0.15, 0.2) is 40.3 Å².